The van der Waals surface area contributed by atoms with Gasteiger partial charge in [0.05, 0.1) is 12.8 Å². The summed E-state index contributed by atoms with van der Waals surface area (Å²) in [6, 6.07) is 13.6. The molecule has 3 heterocycles. The summed E-state index contributed by atoms with van der Waals surface area (Å²) in [6.07, 6.45) is 2.30. The Kier molecular flexibility index (Phi) is 6.79. The number of rotatable bonds is 7. The highest BCUT2D eigenvalue weighted by Crippen LogP contribution is 2.37. The van der Waals surface area contributed by atoms with Gasteiger partial charge in [0.1, 0.15) is 22.7 Å². The topological polar surface area (TPSA) is 81.1 Å². The summed E-state index contributed by atoms with van der Waals surface area (Å²) < 4.78 is 14.4. The fourth-order valence-electron chi connectivity index (χ4n) is 4.19. The zero-order valence-corrected chi connectivity index (χ0v) is 23.3. The normalized spacial score (nSPS) is 18.4. The summed E-state index contributed by atoms with van der Waals surface area (Å²) in [5.41, 5.74) is 2.09. The number of carbonyl (C=O) groups is 2. The second-order valence-electron chi connectivity index (χ2n) is 11.3. The molecule has 0 radical (unpaired) electrons. The van der Waals surface area contributed by atoms with Gasteiger partial charge in [0, 0.05) is 12.1 Å². The summed E-state index contributed by atoms with van der Waals surface area (Å²) in [7, 11) is -2.12. The minimum atomic E-state index is -2.12. The molecule has 8 heteroatoms. The molecule has 1 saturated heterocycles. The second-order valence-corrected chi connectivity index (χ2v) is 16.1. The molecule has 1 aromatic carbocycles. The zero-order valence-electron chi connectivity index (χ0n) is 22.3. The van der Waals surface area contributed by atoms with Crippen molar-refractivity contribution >= 4 is 25.6 Å². The van der Waals surface area contributed by atoms with Crippen LogP contribution in [-0.4, -0.2) is 43.2 Å². The average molecular weight is 508 g/mol. The predicted octanol–water partition coefficient (Wildman–Crippen LogP) is 5.36. The highest BCUT2D eigenvalue weighted by atomic mass is 28.4. The Hall–Kier alpha value is -3.10. The maximum Gasteiger partial charge on any atom is 0.269 e. The second kappa shape index (κ2) is 9.41. The van der Waals surface area contributed by atoms with Gasteiger partial charge in [-0.2, -0.15) is 0 Å². The highest BCUT2D eigenvalue weighted by Gasteiger charge is 2.47. The van der Waals surface area contributed by atoms with Gasteiger partial charge in [0.15, 0.2) is 8.32 Å². The lowest BCUT2D eigenvalue weighted by atomic mass is 9.98. The molecule has 1 aliphatic heterocycles. The van der Waals surface area contributed by atoms with Crippen molar-refractivity contribution in [2.24, 2.45) is 0 Å². The summed E-state index contributed by atoms with van der Waals surface area (Å²) in [6.45, 7) is 15.3. The van der Waals surface area contributed by atoms with Crippen molar-refractivity contribution in [3.05, 3.63) is 65.5 Å². The van der Waals surface area contributed by atoms with Crippen LogP contribution in [-0.2, 0) is 9.22 Å². The van der Waals surface area contributed by atoms with E-state index in [4.69, 9.17) is 9.16 Å². The number of nitrogens with zero attached hydrogens (tertiary/aromatic N) is 1. The first-order valence-corrected chi connectivity index (χ1v) is 15.3. The number of benzene rings is 1. The molecule has 1 aliphatic rings. The molecule has 2 aromatic heterocycles. The molecule has 1 fully saturated rings. The first-order chi connectivity index (χ1) is 16.8. The minimum absolute atomic E-state index is 0.00485. The lowest BCUT2D eigenvalue weighted by molar-refractivity contribution is -0.125. The number of aryl methyl sites for hydroxylation is 2. The molecule has 192 valence electrons. The highest BCUT2D eigenvalue weighted by molar-refractivity contribution is 6.74. The number of hydrogen-bond donors (Lipinski definition) is 2. The van der Waals surface area contributed by atoms with Gasteiger partial charge in [-0.15, -0.1) is 0 Å². The molecule has 1 atom stereocenters. The van der Waals surface area contributed by atoms with Crippen molar-refractivity contribution in [1.82, 2.24) is 15.0 Å². The van der Waals surface area contributed by atoms with Crippen molar-refractivity contribution < 1.29 is 18.8 Å². The molecular weight excluding hydrogens is 470 g/mol. The van der Waals surface area contributed by atoms with Gasteiger partial charge in [0.2, 0.25) is 5.91 Å². The van der Waals surface area contributed by atoms with Crippen molar-refractivity contribution in [2.75, 3.05) is 13.2 Å². The third kappa shape index (κ3) is 4.92. The van der Waals surface area contributed by atoms with E-state index in [1.807, 2.05) is 66.9 Å². The van der Waals surface area contributed by atoms with Gasteiger partial charge >= 0.3 is 0 Å². The van der Waals surface area contributed by atoms with E-state index in [2.05, 4.69) is 44.5 Å². The number of fused-ring (bicyclic) bond motifs is 1. The van der Waals surface area contributed by atoms with Gasteiger partial charge in [-0.25, -0.2) is 0 Å². The van der Waals surface area contributed by atoms with E-state index in [1.165, 1.54) is 0 Å². The molecule has 36 heavy (non-hydrogen) atoms. The monoisotopic (exact) mass is 507 g/mol. The van der Waals surface area contributed by atoms with Crippen LogP contribution < -0.4 is 15.4 Å². The largest absolute Gasteiger partial charge is 0.456 e. The number of carbonyl (C=O) groups excluding carboxylic acids is 2. The number of hydrogen-bond acceptors (Lipinski definition) is 4. The summed E-state index contributed by atoms with van der Waals surface area (Å²) >= 11 is 0. The van der Waals surface area contributed by atoms with E-state index < -0.39 is 13.9 Å². The van der Waals surface area contributed by atoms with Crippen LogP contribution >= 0.6 is 0 Å². The van der Waals surface area contributed by atoms with Gasteiger partial charge < -0.3 is 24.2 Å². The maximum absolute atomic E-state index is 13.7. The molecule has 3 aromatic rings. The van der Waals surface area contributed by atoms with E-state index in [9.17, 15) is 9.59 Å². The predicted molar refractivity (Wildman–Crippen MR) is 144 cm³/mol. The molecule has 2 amide bonds. The molecule has 0 saturated carbocycles. The van der Waals surface area contributed by atoms with E-state index >= 15 is 0 Å². The Bertz CT molecular complexity index is 1310. The van der Waals surface area contributed by atoms with E-state index in [1.54, 1.807) is 0 Å². The number of pyridine rings is 1. The maximum atomic E-state index is 13.7. The molecule has 0 bridgehead atoms. The molecule has 0 aliphatic carbocycles. The molecule has 1 unspecified atom stereocenters. The lowest BCUT2D eigenvalue weighted by Gasteiger charge is -2.39. The summed E-state index contributed by atoms with van der Waals surface area (Å²) in [5, 5.41) is 5.94. The number of aromatic nitrogens is 1. The van der Waals surface area contributed by atoms with E-state index in [0.717, 1.165) is 22.4 Å². The smallest absolute Gasteiger partial charge is 0.269 e. The fraction of sp³-hybridized carbons (Fsp3) is 0.429. The number of para-hydroxylation sites is 1. The Morgan fingerprint density at radius 1 is 1.14 bits per heavy atom. The fourth-order valence-corrected chi connectivity index (χ4v) is 5.23. The lowest BCUT2D eigenvalue weighted by Crippen LogP contribution is -2.59. The van der Waals surface area contributed by atoms with Gasteiger partial charge in [-0.3, -0.25) is 9.59 Å². The van der Waals surface area contributed by atoms with E-state index in [-0.39, 0.29) is 23.5 Å². The van der Waals surface area contributed by atoms with Crippen LogP contribution in [0.15, 0.2) is 48.7 Å². The minimum Gasteiger partial charge on any atom is -0.456 e. The Morgan fingerprint density at radius 2 is 1.86 bits per heavy atom. The van der Waals surface area contributed by atoms with Gasteiger partial charge in [-0.1, -0.05) is 39.0 Å². The third-order valence-corrected chi connectivity index (χ3v) is 12.1. The van der Waals surface area contributed by atoms with Crippen molar-refractivity contribution in [1.29, 1.82) is 0 Å². The Morgan fingerprint density at radius 3 is 2.50 bits per heavy atom. The third-order valence-electron chi connectivity index (χ3n) is 7.58. The van der Waals surface area contributed by atoms with Crippen molar-refractivity contribution in [2.45, 2.75) is 64.7 Å². The zero-order chi connectivity index (χ0) is 26.3. The Labute approximate surface area is 214 Å². The van der Waals surface area contributed by atoms with Gasteiger partial charge in [0.25, 0.3) is 5.91 Å². The molecule has 4 rings (SSSR count). The van der Waals surface area contributed by atoms with Crippen LogP contribution in [0.5, 0.6) is 11.5 Å². The standard InChI is InChI=1S/C28H37N3O4Si/c1-19-10-8-9-11-23(19)35-22-13-12-21-16-20(2)24(31(21)17-22)25(32)30-28(14-15-29-26(28)33)18-34-36(6,7)27(3,4)5/h8-13,16-17H,14-15,18H2,1-7H3,(H,29,33)(H,30,32). The molecule has 7 nitrogen and oxygen atoms in total. The number of nitrogens with one attached hydrogen (secondary N) is 2. The molecule has 2 N–H and O–H groups in total. The van der Waals surface area contributed by atoms with Crippen molar-refractivity contribution in [3.8, 4) is 11.5 Å². The molecular formula is C28H37N3O4Si. The number of ether oxygens (including phenoxy) is 1. The van der Waals surface area contributed by atoms with Crippen LogP contribution in [0.3, 0.4) is 0 Å². The first-order valence-electron chi connectivity index (χ1n) is 12.4. The van der Waals surface area contributed by atoms with Crippen LogP contribution in [0.1, 0.15) is 48.8 Å². The van der Waals surface area contributed by atoms with Crippen LogP contribution in [0.4, 0.5) is 0 Å². The first kappa shape index (κ1) is 26.0. The van der Waals surface area contributed by atoms with E-state index in [0.29, 0.717) is 24.4 Å². The Balaban J connectivity index is 1.63. The SMILES string of the molecule is Cc1ccccc1Oc1ccc2cc(C)c(C(=O)NC3(CO[Si](C)(C)C(C)(C)C)CCNC3=O)n2c1. The van der Waals surface area contributed by atoms with Gasteiger partial charge in [-0.05, 0) is 73.8 Å². The van der Waals surface area contributed by atoms with Crippen LogP contribution in [0.2, 0.25) is 18.1 Å². The van der Waals surface area contributed by atoms with Crippen LogP contribution in [0.25, 0.3) is 5.52 Å². The average Bonchev–Trinajstić information content (AvgIpc) is 3.32. The number of amides is 2. The van der Waals surface area contributed by atoms with Crippen LogP contribution in [0, 0.1) is 13.8 Å². The summed E-state index contributed by atoms with van der Waals surface area (Å²) in [4.78, 5) is 26.7. The van der Waals surface area contributed by atoms with Crippen molar-refractivity contribution in [3.63, 3.8) is 0 Å². The summed E-state index contributed by atoms with van der Waals surface area (Å²) in [5.74, 6) is 0.875. The quantitative estimate of drug-likeness (QED) is 0.422. The molecule has 0 spiro atoms.